The first-order chi connectivity index (χ1) is 10.3. The Kier molecular flexibility index (Phi) is 4.01. The van der Waals surface area contributed by atoms with Crippen LogP contribution in [-0.2, 0) is 4.79 Å². The van der Waals surface area contributed by atoms with Crippen LogP contribution in [0.25, 0.3) is 12.2 Å². The lowest BCUT2D eigenvalue weighted by Crippen LogP contribution is -2.12. The molecule has 0 radical (unpaired) electrons. The maximum atomic E-state index is 12.5. The molecule has 3 nitrogen and oxygen atoms in total. The van der Waals surface area contributed by atoms with Crippen LogP contribution < -0.4 is 0 Å². The number of rotatable bonds is 2. The molecule has 0 saturated heterocycles. The molecule has 1 fully saturated rings. The largest absolute Gasteiger partial charge is 0.289 e. The average molecular weight is 276 g/mol. The summed E-state index contributed by atoms with van der Waals surface area (Å²) in [5.74, 6) is 0.123. The fourth-order valence-electron chi connectivity index (χ4n) is 2.46. The molecule has 21 heavy (non-hydrogen) atoms. The van der Waals surface area contributed by atoms with Gasteiger partial charge in [0, 0.05) is 23.5 Å². The molecule has 0 spiro atoms. The summed E-state index contributed by atoms with van der Waals surface area (Å²) in [6.07, 6.45) is 9.89. The van der Waals surface area contributed by atoms with Gasteiger partial charge < -0.3 is 0 Å². The summed E-state index contributed by atoms with van der Waals surface area (Å²) < 4.78 is 0. The standard InChI is InChI=1S/C18H16N2O/c21-18-14(12-16-8-1-3-10-19-16)6-5-7-15(18)13-17-9-2-4-11-20-17/h1-4,8-13H,5-7H2/b14-12-,15-13+. The predicted molar refractivity (Wildman–Crippen MR) is 83.3 cm³/mol. The highest BCUT2D eigenvalue weighted by Crippen LogP contribution is 2.27. The summed E-state index contributed by atoms with van der Waals surface area (Å²) in [5.41, 5.74) is 3.34. The molecule has 0 bridgehead atoms. The first kappa shape index (κ1) is 13.4. The molecule has 2 heterocycles. The van der Waals surface area contributed by atoms with E-state index in [4.69, 9.17) is 0 Å². The van der Waals surface area contributed by atoms with Gasteiger partial charge in [-0.15, -0.1) is 0 Å². The zero-order valence-electron chi connectivity index (χ0n) is 11.7. The zero-order valence-corrected chi connectivity index (χ0v) is 11.7. The SMILES string of the molecule is O=C1/C(=C\c2ccccn2)CCC/C1=C\c1ccccn1. The second-order valence-electron chi connectivity index (χ2n) is 5.03. The number of hydrogen-bond donors (Lipinski definition) is 0. The number of ketones is 1. The van der Waals surface area contributed by atoms with Crippen molar-refractivity contribution in [2.75, 3.05) is 0 Å². The van der Waals surface area contributed by atoms with Gasteiger partial charge in [-0.2, -0.15) is 0 Å². The molecule has 0 atom stereocenters. The van der Waals surface area contributed by atoms with Gasteiger partial charge in [0.05, 0.1) is 11.4 Å². The van der Waals surface area contributed by atoms with Crippen LogP contribution in [0.2, 0.25) is 0 Å². The number of allylic oxidation sites excluding steroid dienone is 2. The van der Waals surface area contributed by atoms with Crippen molar-refractivity contribution in [1.82, 2.24) is 9.97 Å². The average Bonchev–Trinajstić information content (AvgIpc) is 2.53. The molecule has 3 heteroatoms. The fraction of sp³-hybridized carbons (Fsp3) is 0.167. The molecular formula is C18H16N2O. The molecule has 2 aromatic rings. The van der Waals surface area contributed by atoms with Crippen molar-refractivity contribution in [3.8, 4) is 0 Å². The second kappa shape index (κ2) is 6.27. The van der Waals surface area contributed by atoms with E-state index in [1.54, 1.807) is 12.4 Å². The quantitative estimate of drug-likeness (QED) is 0.785. The van der Waals surface area contributed by atoms with Crippen LogP contribution in [0.15, 0.2) is 59.9 Å². The lowest BCUT2D eigenvalue weighted by molar-refractivity contribution is -0.112. The molecule has 2 aromatic heterocycles. The van der Waals surface area contributed by atoms with Gasteiger partial charge in [-0.05, 0) is 55.7 Å². The number of carbonyl (C=O) groups is 1. The monoisotopic (exact) mass is 276 g/mol. The molecular weight excluding hydrogens is 260 g/mol. The lowest BCUT2D eigenvalue weighted by atomic mass is 9.87. The van der Waals surface area contributed by atoms with Gasteiger partial charge in [0.1, 0.15) is 0 Å². The van der Waals surface area contributed by atoms with E-state index in [0.717, 1.165) is 41.8 Å². The first-order valence-corrected chi connectivity index (χ1v) is 7.11. The van der Waals surface area contributed by atoms with Crippen LogP contribution in [0.3, 0.4) is 0 Å². The Morgan fingerprint density at radius 3 is 1.76 bits per heavy atom. The summed E-state index contributed by atoms with van der Waals surface area (Å²) >= 11 is 0. The number of nitrogens with zero attached hydrogens (tertiary/aromatic N) is 2. The van der Waals surface area contributed by atoms with E-state index in [-0.39, 0.29) is 5.78 Å². The lowest BCUT2D eigenvalue weighted by Gasteiger charge is -2.16. The molecule has 3 rings (SSSR count). The highest BCUT2D eigenvalue weighted by Gasteiger charge is 2.20. The van der Waals surface area contributed by atoms with Crippen molar-refractivity contribution >= 4 is 17.9 Å². The van der Waals surface area contributed by atoms with Crippen LogP contribution in [-0.4, -0.2) is 15.8 Å². The van der Waals surface area contributed by atoms with Gasteiger partial charge in [0.2, 0.25) is 0 Å². The summed E-state index contributed by atoms with van der Waals surface area (Å²) in [6, 6.07) is 11.4. The van der Waals surface area contributed by atoms with Gasteiger partial charge >= 0.3 is 0 Å². The van der Waals surface area contributed by atoms with E-state index in [9.17, 15) is 4.79 Å². The fourth-order valence-corrected chi connectivity index (χ4v) is 2.46. The molecule has 0 N–H and O–H groups in total. The number of pyridine rings is 2. The number of aromatic nitrogens is 2. The molecule has 1 aliphatic rings. The first-order valence-electron chi connectivity index (χ1n) is 7.11. The summed E-state index contributed by atoms with van der Waals surface area (Å²) in [5, 5.41) is 0. The number of hydrogen-bond acceptors (Lipinski definition) is 3. The Morgan fingerprint density at radius 2 is 1.33 bits per heavy atom. The van der Waals surface area contributed by atoms with E-state index in [2.05, 4.69) is 9.97 Å². The summed E-state index contributed by atoms with van der Waals surface area (Å²) in [4.78, 5) is 21.1. The van der Waals surface area contributed by atoms with E-state index in [1.165, 1.54) is 0 Å². The van der Waals surface area contributed by atoms with Gasteiger partial charge in [-0.1, -0.05) is 12.1 Å². The topological polar surface area (TPSA) is 42.9 Å². The smallest absolute Gasteiger partial charge is 0.185 e. The Labute approximate surface area is 124 Å². The van der Waals surface area contributed by atoms with Crippen LogP contribution >= 0.6 is 0 Å². The third-order valence-electron chi connectivity index (χ3n) is 3.50. The Bertz CT molecular complexity index is 628. The van der Waals surface area contributed by atoms with Crippen LogP contribution in [0.4, 0.5) is 0 Å². The molecule has 0 amide bonds. The predicted octanol–water partition coefficient (Wildman–Crippen LogP) is 3.70. The maximum Gasteiger partial charge on any atom is 0.185 e. The van der Waals surface area contributed by atoms with Crippen molar-refractivity contribution < 1.29 is 4.79 Å². The molecule has 104 valence electrons. The third-order valence-corrected chi connectivity index (χ3v) is 3.50. The van der Waals surface area contributed by atoms with Crippen molar-refractivity contribution in [3.63, 3.8) is 0 Å². The van der Waals surface area contributed by atoms with Crippen LogP contribution in [0.5, 0.6) is 0 Å². The summed E-state index contributed by atoms with van der Waals surface area (Å²) in [7, 11) is 0. The van der Waals surface area contributed by atoms with Crippen LogP contribution in [0, 0.1) is 0 Å². The van der Waals surface area contributed by atoms with Gasteiger partial charge in [0.15, 0.2) is 5.78 Å². The molecule has 1 saturated carbocycles. The molecule has 0 unspecified atom stereocenters. The van der Waals surface area contributed by atoms with E-state index < -0.39 is 0 Å². The van der Waals surface area contributed by atoms with Crippen molar-refractivity contribution in [3.05, 3.63) is 71.3 Å². The number of carbonyl (C=O) groups excluding carboxylic acids is 1. The minimum atomic E-state index is 0.123. The summed E-state index contributed by atoms with van der Waals surface area (Å²) in [6.45, 7) is 0. The van der Waals surface area contributed by atoms with Gasteiger partial charge in [0.25, 0.3) is 0 Å². The Morgan fingerprint density at radius 1 is 0.810 bits per heavy atom. The number of Topliss-reactive ketones (excluding diaryl/α,β-unsaturated/α-hetero) is 1. The third kappa shape index (κ3) is 3.31. The zero-order chi connectivity index (χ0) is 14.5. The van der Waals surface area contributed by atoms with E-state index in [0.29, 0.717) is 0 Å². The minimum Gasteiger partial charge on any atom is -0.289 e. The van der Waals surface area contributed by atoms with Crippen molar-refractivity contribution in [1.29, 1.82) is 0 Å². The molecule has 1 aliphatic carbocycles. The highest BCUT2D eigenvalue weighted by molar-refractivity contribution is 6.13. The normalized spacial score (nSPS) is 19.1. The van der Waals surface area contributed by atoms with E-state index in [1.807, 2.05) is 48.6 Å². The van der Waals surface area contributed by atoms with Gasteiger partial charge in [-0.25, -0.2) is 0 Å². The highest BCUT2D eigenvalue weighted by atomic mass is 16.1. The van der Waals surface area contributed by atoms with Gasteiger partial charge in [-0.3, -0.25) is 14.8 Å². The van der Waals surface area contributed by atoms with Crippen molar-refractivity contribution in [2.45, 2.75) is 19.3 Å². The Hall–Kier alpha value is -2.55. The maximum absolute atomic E-state index is 12.5. The second-order valence-corrected chi connectivity index (χ2v) is 5.03. The van der Waals surface area contributed by atoms with E-state index >= 15 is 0 Å². The molecule has 0 aromatic carbocycles. The Balaban J connectivity index is 1.88. The van der Waals surface area contributed by atoms with Crippen LogP contribution in [0.1, 0.15) is 30.7 Å². The van der Waals surface area contributed by atoms with Crippen molar-refractivity contribution in [2.24, 2.45) is 0 Å². The minimum absolute atomic E-state index is 0.123. The molecule has 0 aliphatic heterocycles.